The maximum atomic E-state index is 12.3. The highest BCUT2D eigenvalue weighted by atomic mass is 35.5. The Balaban J connectivity index is 2.09. The number of nitrogens with zero attached hydrogens (tertiary/aromatic N) is 1. The molecule has 10 heteroatoms. The molecule has 0 aliphatic carbocycles. The van der Waals surface area contributed by atoms with Crippen LogP contribution in [0.25, 0.3) is 0 Å². The van der Waals surface area contributed by atoms with E-state index in [9.17, 15) is 19.7 Å². The molecular weight excluding hydrogens is 378 g/mol. The van der Waals surface area contributed by atoms with Crippen molar-refractivity contribution < 1.29 is 24.0 Å². The van der Waals surface area contributed by atoms with Gasteiger partial charge in [-0.1, -0.05) is 11.6 Å². The Morgan fingerprint density at radius 3 is 2.56 bits per heavy atom. The maximum Gasteiger partial charge on any atom is 0.341 e. The third-order valence-electron chi connectivity index (χ3n) is 3.54. The lowest BCUT2D eigenvalue weighted by atomic mass is 10.2. The van der Waals surface area contributed by atoms with E-state index in [-0.39, 0.29) is 28.4 Å². The van der Waals surface area contributed by atoms with Crippen molar-refractivity contribution in [2.45, 2.75) is 13.0 Å². The molecule has 0 heterocycles. The molecule has 142 valence electrons. The Morgan fingerprint density at radius 2 is 1.96 bits per heavy atom. The lowest BCUT2D eigenvalue weighted by Gasteiger charge is -2.15. The fourth-order valence-corrected chi connectivity index (χ4v) is 2.31. The van der Waals surface area contributed by atoms with Gasteiger partial charge in [0, 0.05) is 16.8 Å². The number of hydrogen-bond donors (Lipinski definition) is 2. The molecule has 0 fully saturated rings. The molecule has 0 aromatic heterocycles. The molecule has 0 saturated heterocycles. The Kier molecular flexibility index (Phi) is 6.19. The van der Waals surface area contributed by atoms with Crippen LogP contribution in [0.15, 0.2) is 36.4 Å². The summed E-state index contributed by atoms with van der Waals surface area (Å²) in [5, 5.41) is 13.7. The van der Waals surface area contributed by atoms with E-state index in [2.05, 4.69) is 5.32 Å². The molecule has 2 aromatic carbocycles. The SMILES string of the molecule is COc1cc([N+](=O)[O-])ccc1NC(=O)[C@H](C)OC(=O)c1ccc(Cl)cc1N. The van der Waals surface area contributed by atoms with Crippen LogP contribution >= 0.6 is 11.6 Å². The minimum atomic E-state index is -1.16. The number of nitrogens with two attached hydrogens (primary N) is 1. The third kappa shape index (κ3) is 4.85. The van der Waals surface area contributed by atoms with Crippen LogP contribution in [0.3, 0.4) is 0 Å². The second-order valence-electron chi connectivity index (χ2n) is 5.41. The zero-order chi connectivity index (χ0) is 20.1. The normalized spacial score (nSPS) is 11.4. The number of nitro benzene ring substituents is 1. The Hall–Kier alpha value is -3.33. The zero-order valence-electron chi connectivity index (χ0n) is 14.4. The first-order valence-electron chi connectivity index (χ1n) is 7.62. The zero-order valence-corrected chi connectivity index (χ0v) is 15.1. The minimum Gasteiger partial charge on any atom is -0.494 e. The van der Waals surface area contributed by atoms with Crippen LogP contribution < -0.4 is 15.8 Å². The number of ether oxygens (including phenoxy) is 2. The summed E-state index contributed by atoms with van der Waals surface area (Å²) in [6.45, 7) is 1.37. The van der Waals surface area contributed by atoms with E-state index in [4.69, 9.17) is 26.8 Å². The molecule has 0 aliphatic heterocycles. The topological polar surface area (TPSA) is 134 Å². The molecule has 27 heavy (non-hydrogen) atoms. The molecule has 0 radical (unpaired) electrons. The molecule has 2 rings (SSSR count). The number of nitro groups is 1. The maximum absolute atomic E-state index is 12.3. The van der Waals surface area contributed by atoms with E-state index < -0.39 is 22.9 Å². The van der Waals surface area contributed by atoms with Gasteiger partial charge in [0.25, 0.3) is 11.6 Å². The van der Waals surface area contributed by atoms with Gasteiger partial charge < -0.3 is 20.5 Å². The Morgan fingerprint density at radius 1 is 1.26 bits per heavy atom. The second-order valence-corrected chi connectivity index (χ2v) is 5.85. The minimum absolute atomic E-state index is 0.0759. The van der Waals surface area contributed by atoms with E-state index in [1.807, 2.05) is 0 Å². The van der Waals surface area contributed by atoms with Gasteiger partial charge in [-0.3, -0.25) is 14.9 Å². The number of non-ortho nitro benzene ring substituents is 1. The van der Waals surface area contributed by atoms with Gasteiger partial charge in [-0.15, -0.1) is 0 Å². The number of nitrogens with one attached hydrogen (secondary N) is 1. The number of nitrogen functional groups attached to an aromatic ring is 1. The van der Waals surface area contributed by atoms with Crippen LogP contribution in [-0.4, -0.2) is 30.0 Å². The van der Waals surface area contributed by atoms with Crippen LogP contribution in [0.4, 0.5) is 17.1 Å². The number of carbonyl (C=O) groups excluding carboxylic acids is 2. The standard InChI is InChI=1S/C17H16ClN3O6/c1-9(27-17(23)12-5-3-10(18)7-13(12)19)16(22)20-14-6-4-11(21(24)25)8-15(14)26-2/h3-9H,19H2,1-2H3,(H,20,22)/t9-/m0/s1. The molecule has 0 aliphatic rings. The first-order valence-corrected chi connectivity index (χ1v) is 8.00. The number of hydrogen-bond acceptors (Lipinski definition) is 7. The van der Waals surface area contributed by atoms with Gasteiger partial charge in [-0.2, -0.15) is 0 Å². The van der Waals surface area contributed by atoms with Crippen molar-refractivity contribution in [3.05, 3.63) is 57.1 Å². The van der Waals surface area contributed by atoms with Gasteiger partial charge >= 0.3 is 5.97 Å². The third-order valence-corrected chi connectivity index (χ3v) is 3.78. The smallest absolute Gasteiger partial charge is 0.341 e. The van der Waals surface area contributed by atoms with Gasteiger partial charge in [0.05, 0.1) is 29.4 Å². The molecule has 0 bridgehead atoms. The molecule has 0 unspecified atom stereocenters. The summed E-state index contributed by atoms with van der Waals surface area (Å²) in [5.74, 6) is -1.34. The fourth-order valence-electron chi connectivity index (χ4n) is 2.13. The number of amides is 1. The molecule has 3 N–H and O–H groups in total. The van der Waals surface area contributed by atoms with Crippen molar-refractivity contribution in [1.82, 2.24) is 0 Å². The van der Waals surface area contributed by atoms with Gasteiger partial charge in [-0.25, -0.2) is 4.79 Å². The number of rotatable bonds is 6. The highest BCUT2D eigenvalue weighted by Crippen LogP contribution is 2.29. The number of halogens is 1. The van der Waals surface area contributed by atoms with Crippen LogP contribution in [0, 0.1) is 10.1 Å². The van der Waals surface area contributed by atoms with E-state index in [0.717, 1.165) is 0 Å². The molecule has 1 amide bonds. The van der Waals surface area contributed by atoms with Crippen molar-refractivity contribution in [3.8, 4) is 5.75 Å². The number of carbonyl (C=O) groups is 2. The molecule has 1 atom stereocenters. The lowest BCUT2D eigenvalue weighted by molar-refractivity contribution is -0.384. The van der Waals surface area contributed by atoms with Gasteiger partial charge in [-0.05, 0) is 31.2 Å². The molecule has 9 nitrogen and oxygen atoms in total. The predicted molar refractivity (Wildman–Crippen MR) is 99.0 cm³/mol. The van der Waals surface area contributed by atoms with Gasteiger partial charge in [0.1, 0.15) is 5.75 Å². The van der Waals surface area contributed by atoms with Gasteiger partial charge in [0.2, 0.25) is 0 Å². The fraction of sp³-hybridized carbons (Fsp3) is 0.176. The summed E-state index contributed by atoms with van der Waals surface area (Å²) in [6.07, 6.45) is -1.16. The summed E-state index contributed by atoms with van der Waals surface area (Å²) >= 11 is 5.78. The Bertz CT molecular complexity index is 902. The monoisotopic (exact) mass is 393 g/mol. The van der Waals surface area contributed by atoms with Crippen molar-refractivity contribution in [3.63, 3.8) is 0 Å². The number of methoxy groups -OCH3 is 1. The van der Waals surface area contributed by atoms with E-state index in [1.165, 1.54) is 50.4 Å². The van der Waals surface area contributed by atoms with E-state index >= 15 is 0 Å². The molecule has 0 saturated carbocycles. The summed E-state index contributed by atoms with van der Waals surface area (Å²) < 4.78 is 10.1. The highest BCUT2D eigenvalue weighted by Gasteiger charge is 2.22. The van der Waals surface area contributed by atoms with Crippen LogP contribution in [-0.2, 0) is 9.53 Å². The summed E-state index contributed by atoms with van der Waals surface area (Å²) in [5.41, 5.74) is 5.92. The number of anilines is 2. The van der Waals surface area contributed by atoms with Crippen molar-refractivity contribution in [1.29, 1.82) is 0 Å². The van der Waals surface area contributed by atoms with Crippen molar-refractivity contribution in [2.75, 3.05) is 18.2 Å². The van der Waals surface area contributed by atoms with Crippen LogP contribution in [0.2, 0.25) is 5.02 Å². The van der Waals surface area contributed by atoms with Crippen LogP contribution in [0.5, 0.6) is 5.75 Å². The first kappa shape index (κ1) is 20.0. The van der Waals surface area contributed by atoms with E-state index in [1.54, 1.807) is 0 Å². The van der Waals surface area contributed by atoms with Crippen LogP contribution in [0.1, 0.15) is 17.3 Å². The summed E-state index contributed by atoms with van der Waals surface area (Å²) in [4.78, 5) is 34.7. The average Bonchev–Trinajstić information content (AvgIpc) is 2.61. The largest absolute Gasteiger partial charge is 0.494 e. The van der Waals surface area contributed by atoms with Crippen molar-refractivity contribution >= 4 is 40.5 Å². The molecular formula is C17H16ClN3O6. The number of esters is 1. The predicted octanol–water partition coefficient (Wildman–Crippen LogP) is 3.02. The lowest BCUT2D eigenvalue weighted by Crippen LogP contribution is -2.30. The summed E-state index contributed by atoms with van der Waals surface area (Å²) in [6, 6.07) is 7.96. The number of benzene rings is 2. The average molecular weight is 394 g/mol. The first-order chi connectivity index (χ1) is 12.7. The second kappa shape index (κ2) is 8.37. The highest BCUT2D eigenvalue weighted by molar-refractivity contribution is 6.31. The molecule has 2 aromatic rings. The van der Waals surface area contributed by atoms with Crippen molar-refractivity contribution in [2.24, 2.45) is 0 Å². The quantitative estimate of drug-likeness (QED) is 0.333. The Labute approximate surface area is 159 Å². The molecule has 0 spiro atoms. The van der Waals surface area contributed by atoms with E-state index in [0.29, 0.717) is 5.02 Å². The van der Waals surface area contributed by atoms with Gasteiger partial charge in [0.15, 0.2) is 6.10 Å². The summed E-state index contributed by atoms with van der Waals surface area (Å²) in [7, 11) is 1.31.